The number of amides is 2. The molecule has 2 rings (SSSR count). The summed E-state index contributed by atoms with van der Waals surface area (Å²) in [5, 5.41) is 5.26. The van der Waals surface area contributed by atoms with Crippen LogP contribution >= 0.6 is 0 Å². The van der Waals surface area contributed by atoms with Crippen molar-refractivity contribution in [2.45, 2.75) is 39.8 Å². The number of hydrogen-bond donors (Lipinski definition) is 2. The Bertz CT molecular complexity index is 749. The van der Waals surface area contributed by atoms with E-state index in [4.69, 9.17) is 14.2 Å². The topological polar surface area (TPSA) is 133 Å². The molecule has 31 heavy (non-hydrogen) atoms. The van der Waals surface area contributed by atoms with E-state index in [1.807, 2.05) is 0 Å². The van der Waals surface area contributed by atoms with Gasteiger partial charge in [0.15, 0.2) is 0 Å². The maximum atomic E-state index is 12.7. The van der Waals surface area contributed by atoms with Crippen LogP contribution in [-0.2, 0) is 23.8 Å². The van der Waals surface area contributed by atoms with Crippen molar-refractivity contribution in [2.75, 3.05) is 26.4 Å². The van der Waals surface area contributed by atoms with E-state index in [1.54, 1.807) is 27.7 Å². The second-order valence-electron chi connectivity index (χ2n) is 7.80. The molecule has 1 aromatic heterocycles. The number of ether oxygens (including phenoxy) is 3. The third-order valence-corrected chi connectivity index (χ3v) is 4.62. The summed E-state index contributed by atoms with van der Waals surface area (Å²) < 4.78 is 15.7. The van der Waals surface area contributed by atoms with Crippen molar-refractivity contribution < 1.29 is 33.4 Å². The van der Waals surface area contributed by atoms with Gasteiger partial charge >= 0.3 is 11.9 Å². The molecule has 0 spiro atoms. The fraction of sp³-hybridized carbons (Fsp3) is 0.571. The Morgan fingerprint density at radius 2 is 1.19 bits per heavy atom. The van der Waals surface area contributed by atoms with Crippen LogP contribution in [0.15, 0.2) is 18.5 Å². The first-order valence-corrected chi connectivity index (χ1v) is 10.2. The van der Waals surface area contributed by atoms with Gasteiger partial charge in [-0.15, -0.1) is 0 Å². The number of hydrogen-bond acceptors (Lipinski definition) is 8. The number of esters is 2. The first-order chi connectivity index (χ1) is 14.7. The summed E-state index contributed by atoms with van der Waals surface area (Å²) >= 11 is 0. The minimum Gasteiger partial charge on any atom is -0.462 e. The molecule has 10 nitrogen and oxygen atoms in total. The highest BCUT2D eigenvalue weighted by atomic mass is 16.6. The minimum absolute atomic E-state index is 0.00636. The van der Waals surface area contributed by atoms with E-state index >= 15 is 0 Å². The highest BCUT2D eigenvalue weighted by Gasteiger charge is 2.28. The van der Waals surface area contributed by atoms with Crippen LogP contribution < -0.4 is 10.6 Å². The van der Waals surface area contributed by atoms with Gasteiger partial charge in [-0.05, 0) is 17.9 Å². The van der Waals surface area contributed by atoms with E-state index in [1.165, 1.54) is 18.5 Å². The molecule has 170 valence electrons. The number of aromatic nitrogens is 1. The van der Waals surface area contributed by atoms with E-state index in [0.717, 1.165) is 0 Å². The summed E-state index contributed by atoms with van der Waals surface area (Å²) in [6, 6.07) is -0.412. The Hall–Kier alpha value is -3.01. The second-order valence-corrected chi connectivity index (χ2v) is 7.80. The van der Waals surface area contributed by atoms with Crippen molar-refractivity contribution in [1.82, 2.24) is 15.6 Å². The molecule has 0 radical (unpaired) electrons. The molecular formula is C21H29N3O7. The van der Waals surface area contributed by atoms with Crippen molar-refractivity contribution in [3.05, 3.63) is 29.6 Å². The molecule has 0 aromatic carbocycles. The van der Waals surface area contributed by atoms with Crippen LogP contribution in [0.4, 0.5) is 0 Å². The Morgan fingerprint density at radius 3 is 1.58 bits per heavy atom. The molecule has 0 saturated heterocycles. The Morgan fingerprint density at radius 1 is 0.774 bits per heavy atom. The zero-order chi connectivity index (χ0) is 23.0. The van der Waals surface area contributed by atoms with Crippen LogP contribution in [0, 0.1) is 11.8 Å². The van der Waals surface area contributed by atoms with Gasteiger partial charge in [-0.1, -0.05) is 27.7 Å². The molecule has 0 unspecified atom stereocenters. The number of carbonyl (C=O) groups is 4. The van der Waals surface area contributed by atoms with E-state index in [0.29, 0.717) is 0 Å². The van der Waals surface area contributed by atoms with Gasteiger partial charge < -0.3 is 24.8 Å². The Labute approximate surface area is 181 Å². The van der Waals surface area contributed by atoms with Gasteiger partial charge in [0.25, 0.3) is 11.8 Å². The van der Waals surface area contributed by atoms with E-state index in [9.17, 15) is 19.2 Å². The number of pyridine rings is 1. The average molecular weight is 435 g/mol. The molecule has 10 heteroatoms. The van der Waals surface area contributed by atoms with Crippen LogP contribution in [0.2, 0.25) is 0 Å². The maximum absolute atomic E-state index is 12.7. The van der Waals surface area contributed by atoms with E-state index in [2.05, 4.69) is 15.6 Å². The fourth-order valence-electron chi connectivity index (χ4n) is 2.82. The molecule has 2 atom stereocenters. The predicted molar refractivity (Wildman–Crippen MR) is 109 cm³/mol. The quantitative estimate of drug-likeness (QED) is 0.649. The molecule has 2 bridgehead atoms. The van der Waals surface area contributed by atoms with Crippen LogP contribution in [-0.4, -0.2) is 67.2 Å². The third kappa shape index (κ3) is 7.02. The van der Waals surface area contributed by atoms with Gasteiger partial charge in [-0.3, -0.25) is 14.6 Å². The van der Waals surface area contributed by atoms with Gasteiger partial charge in [0, 0.05) is 12.4 Å². The van der Waals surface area contributed by atoms with Gasteiger partial charge in [-0.25, -0.2) is 9.59 Å². The van der Waals surface area contributed by atoms with Crippen molar-refractivity contribution in [2.24, 2.45) is 11.8 Å². The van der Waals surface area contributed by atoms with Crippen molar-refractivity contribution in [1.29, 1.82) is 0 Å². The maximum Gasteiger partial charge on any atom is 0.328 e. The fourth-order valence-corrected chi connectivity index (χ4v) is 2.82. The molecule has 1 aliphatic rings. The first kappa shape index (κ1) is 24.3. The summed E-state index contributed by atoms with van der Waals surface area (Å²) in [6.07, 6.45) is 2.57. The number of nitrogens with zero attached hydrogens (tertiary/aromatic N) is 1. The molecule has 1 aliphatic heterocycles. The smallest absolute Gasteiger partial charge is 0.328 e. The molecule has 1 aromatic rings. The average Bonchev–Trinajstić information content (AvgIpc) is 2.73. The number of carbonyl (C=O) groups excluding carboxylic acids is 4. The number of rotatable bonds is 2. The SMILES string of the molecule is CC(C)[C@@H]1NC(=O)c2cncc(c2)C(=O)N[C@@H](C(C)C)C(=O)OCCOCCOC1=O. The lowest BCUT2D eigenvalue weighted by Gasteiger charge is -2.22. The predicted octanol–water partition coefficient (Wildman–Crippen LogP) is 0.707. The van der Waals surface area contributed by atoms with Crippen LogP contribution in [0.25, 0.3) is 0 Å². The zero-order valence-electron chi connectivity index (χ0n) is 18.2. The van der Waals surface area contributed by atoms with Gasteiger partial charge in [0.05, 0.1) is 24.3 Å². The lowest BCUT2D eigenvalue weighted by molar-refractivity contribution is -0.150. The molecule has 2 heterocycles. The van der Waals surface area contributed by atoms with Gasteiger partial charge in [-0.2, -0.15) is 0 Å². The van der Waals surface area contributed by atoms with Crippen LogP contribution in [0.1, 0.15) is 48.4 Å². The molecule has 0 fully saturated rings. The molecule has 2 amide bonds. The highest BCUT2D eigenvalue weighted by Crippen LogP contribution is 2.10. The minimum atomic E-state index is -0.879. The summed E-state index contributed by atoms with van der Waals surface area (Å²) in [4.78, 5) is 54.0. The Kier molecular flexibility index (Phi) is 8.92. The summed E-state index contributed by atoms with van der Waals surface area (Å²) in [6.45, 7) is 7.31. The zero-order valence-corrected chi connectivity index (χ0v) is 18.2. The first-order valence-electron chi connectivity index (χ1n) is 10.2. The normalized spacial score (nSPS) is 22.1. The number of fused-ring (bicyclic) bond motifs is 2. The summed E-state index contributed by atoms with van der Waals surface area (Å²) in [7, 11) is 0. The monoisotopic (exact) mass is 435 g/mol. The van der Waals surface area contributed by atoms with E-state index in [-0.39, 0.29) is 49.4 Å². The second kappa shape index (κ2) is 11.4. The summed E-state index contributed by atoms with van der Waals surface area (Å²) in [5.41, 5.74) is 0.193. The lowest BCUT2D eigenvalue weighted by Crippen LogP contribution is -2.46. The van der Waals surface area contributed by atoms with E-state index < -0.39 is 35.8 Å². The summed E-state index contributed by atoms with van der Waals surface area (Å²) in [5.74, 6) is -2.80. The standard InChI is InChI=1S/C21H29N3O7/c1-12(2)16-20(27)30-7-5-29-6-8-31-21(28)17(13(3)4)24-19(26)15-9-14(10-22-11-15)18(25)23-16/h9-13,16-17H,5-8H2,1-4H3,(H,23,25)(H,24,26)/t16-,17-/m0/s1. The van der Waals surface area contributed by atoms with Crippen LogP contribution in [0.3, 0.4) is 0 Å². The van der Waals surface area contributed by atoms with Crippen molar-refractivity contribution in [3.63, 3.8) is 0 Å². The number of cyclic esters (lactones) is 2. The lowest BCUT2D eigenvalue weighted by atomic mass is 10.0. The number of nitrogens with one attached hydrogen (secondary N) is 2. The third-order valence-electron chi connectivity index (χ3n) is 4.62. The largest absolute Gasteiger partial charge is 0.462 e. The van der Waals surface area contributed by atoms with Crippen molar-refractivity contribution in [3.8, 4) is 0 Å². The molecule has 0 aliphatic carbocycles. The molecule has 2 N–H and O–H groups in total. The molecular weight excluding hydrogens is 406 g/mol. The van der Waals surface area contributed by atoms with Gasteiger partial charge in [0.1, 0.15) is 25.3 Å². The highest BCUT2D eigenvalue weighted by molar-refractivity contribution is 6.01. The van der Waals surface area contributed by atoms with Crippen molar-refractivity contribution >= 4 is 23.8 Å². The molecule has 0 saturated carbocycles. The van der Waals surface area contributed by atoms with Crippen LogP contribution in [0.5, 0.6) is 0 Å². The van der Waals surface area contributed by atoms with Gasteiger partial charge in [0.2, 0.25) is 0 Å². The Balaban J connectivity index is 2.30.